The van der Waals surface area contributed by atoms with Gasteiger partial charge in [-0.25, -0.2) is 4.98 Å². The molecule has 1 aromatic heterocycles. The topological polar surface area (TPSA) is 74.2 Å². The number of aliphatic hydroxyl groups is 1. The predicted molar refractivity (Wildman–Crippen MR) is 97.3 cm³/mol. The van der Waals surface area contributed by atoms with Crippen LogP contribution in [-0.2, 0) is 0 Å². The lowest BCUT2D eigenvalue weighted by Crippen LogP contribution is -2.24. The van der Waals surface area contributed by atoms with Gasteiger partial charge >= 0.3 is 0 Å². The summed E-state index contributed by atoms with van der Waals surface area (Å²) in [5.41, 5.74) is 2.40. The van der Waals surface area contributed by atoms with Crippen LogP contribution < -0.4 is 10.6 Å². The van der Waals surface area contributed by atoms with Gasteiger partial charge < -0.3 is 15.7 Å². The third-order valence-corrected chi connectivity index (χ3v) is 3.87. The number of nitrogens with zero attached hydrogens (tertiary/aromatic N) is 1. The number of anilines is 2. The summed E-state index contributed by atoms with van der Waals surface area (Å²) in [6.07, 6.45) is 2.28. The van der Waals surface area contributed by atoms with Gasteiger partial charge in [-0.05, 0) is 43.0 Å². The quantitative estimate of drug-likeness (QED) is 0.728. The van der Waals surface area contributed by atoms with Crippen LogP contribution in [-0.4, -0.2) is 29.1 Å². The van der Waals surface area contributed by atoms with E-state index in [1.165, 1.54) is 0 Å². The number of benzene rings is 1. The fraction of sp³-hybridized carbons (Fsp3) is 0.368. The van der Waals surface area contributed by atoms with Gasteiger partial charge in [-0.2, -0.15) is 0 Å². The van der Waals surface area contributed by atoms with Crippen LogP contribution in [0.4, 0.5) is 11.5 Å². The van der Waals surface area contributed by atoms with Gasteiger partial charge in [0.25, 0.3) is 5.91 Å². The minimum atomic E-state index is -0.182. The highest BCUT2D eigenvalue weighted by Gasteiger charge is 2.17. The summed E-state index contributed by atoms with van der Waals surface area (Å²) < 4.78 is 0. The van der Waals surface area contributed by atoms with Gasteiger partial charge in [-0.1, -0.05) is 31.5 Å². The van der Waals surface area contributed by atoms with Crippen molar-refractivity contribution in [1.82, 2.24) is 4.98 Å². The van der Waals surface area contributed by atoms with Crippen molar-refractivity contribution in [3.63, 3.8) is 0 Å². The molecule has 0 unspecified atom stereocenters. The highest BCUT2D eigenvalue weighted by Crippen LogP contribution is 2.20. The van der Waals surface area contributed by atoms with E-state index in [-0.39, 0.29) is 17.9 Å². The van der Waals surface area contributed by atoms with Gasteiger partial charge in [0.2, 0.25) is 0 Å². The van der Waals surface area contributed by atoms with Crippen molar-refractivity contribution in [3.05, 3.63) is 53.7 Å². The van der Waals surface area contributed by atoms with E-state index in [9.17, 15) is 4.79 Å². The molecule has 1 amide bonds. The first-order chi connectivity index (χ1) is 11.4. The van der Waals surface area contributed by atoms with Crippen LogP contribution in [0.15, 0.2) is 42.6 Å². The lowest BCUT2D eigenvalue weighted by Gasteiger charge is -2.24. The number of carbonyl (C=O) groups excluding carboxylic acids is 1. The van der Waals surface area contributed by atoms with Crippen molar-refractivity contribution in [2.24, 2.45) is 5.41 Å². The molecule has 0 aliphatic carbocycles. The molecule has 3 N–H and O–H groups in total. The van der Waals surface area contributed by atoms with Gasteiger partial charge in [0.05, 0.1) is 5.56 Å². The first kappa shape index (κ1) is 17.9. The van der Waals surface area contributed by atoms with E-state index in [2.05, 4.69) is 29.5 Å². The zero-order valence-corrected chi connectivity index (χ0v) is 14.5. The van der Waals surface area contributed by atoms with Crippen LogP contribution >= 0.6 is 0 Å². The molecule has 0 bridgehead atoms. The fourth-order valence-electron chi connectivity index (χ4n) is 2.19. The molecule has 2 rings (SSSR count). The number of aryl methyl sites for hydroxylation is 1. The average Bonchev–Trinajstić information content (AvgIpc) is 2.55. The van der Waals surface area contributed by atoms with E-state index < -0.39 is 0 Å². The number of carbonyl (C=O) groups is 1. The Morgan fingerprint density at radius 1 is 1.17 bits per heavy atom. The Kier molecular flexibility index (Phi) is 5.93. The Hall–Kier alpha value is -2.40. The van der Waals surface area contributed by atoms with Crippen molar-refractivity contribution >= 4 is 17.4 Å². The van der Waals surface area contributed by atoms with E-state index in [1.807, 2.05) is 31.2 Å². The van der Waals surface area contributed by atoms with Crippen molar-refractivity contribution in [2.75, 3.05) is 23.8 Å². The first-order valence-corrected chi connectivity index (χ1v) is 8.08. The summed E-state index contributed by atoms with van der Waals surface area (Å²) in [6, 6.07) is 11.2. The van der Waals surface area contributed by atoms with E-state index in [0.717, 1.165) is 17.7 Å². The van der Waals surface area contributed by atoms with Crippen molar-refractivity contribution in [1.29, 1.82) is 0 Å². The molecule has 0 aliphatic rings. The van der Waals surface area contributed by atoms with Gasteiger partial charge in [-0.15, -0.1) is 0 Å². The Bertz CT molecular complexity index is 664. The van der Waals surface area contributed by atoms with Gasteiger partial charge in [0.1, 0.15) is 5.82 Å². The maximum Gasteiger partial charge on any atom is 0.257 e. The summed E-state index contributed by atoms with van der Waals surface area (Å²) in [7, 11) is 0. The number of nitrogens with one attached hydrogen (secondary N) is 2. The summed E-state index contributed by atoms with van der Waals surface area (Å²) in [5, 5.41) is 15.1. The van der Waals surface area contributed by atoms with Crippen LogP contribution in [0.2, 0.25) is 0 Å². The summed E-state index contributed by atoms with van der Waals surface area (Å²) >= 11 is 0. The number of rotatable bonds is 7. The van der Waals surface area contributed by atoms with Crippen molar-refractivity contribution in [2.45, 2.75) is 27.2 Å². The molecular weight excluding hydrogens is 302 g/mol. The van der Waals surface area contributed by atoms with Gasteiger partial charge in [-0.3, -0.25) is 4.79 Å². The SMILES string of the molecule is Cc1ccc(NC(=O)c2ccc(NCC(C)(C)CCO)nc2)cc1. The van der Waals surface area contributed by atoms with Crippen LogP contribution in [0.1, 0.15) is 36.2 Å². The molecule has 0 saturated heterocycles. The van der Waals surface area contributed by atoms with E-state index >= 15 is 0 Å². The molecule has 2 aromatic rings. The van der Waals surface area contributed by atoms with Gasteiger partial charge in [0, 0.05) is 25.0 Å². The number of pyridine rings is 1. The highest BCUT2D eigenvalue weighted by molar-refractivity contribution is 6.04. The molecule has 0 spiro atoms. The average molecular weight is 327 g/mol. The third-order valence-electron chi connectivity index (χ3n) is 3.87. The molecule has 0 aliphatic heterocycles. The Morgan fingerprint density at radius 2 is 1.88 bits per heavy atom. The smallest absolute Gasteiger partial charge is 0.257 e. The molecule has 0 fully saturated rings. The van der Waals surface area contributed by atoms with E-state index in [4.69, 9.17) is 5.11 Å². The second-order valence-corrected chi connectivity index (χ2v) is 6.74. The molecule has 1 heterocycles. The van der Waals surface area contributed by atoms with Gasteiger partial charge in [0.15, 0.2) is 0 Å². The van der Waals surface area contributed by atoms with E-state index in [0.29, 0.717) is 17.9 Å². The molecule has 0 saturated carbocycles. The monoisotopic (exact) mass is 327 g/mol. The number of aliphatic hydroxyl groups excluding tert-OH is 1. The number of hydrogen-bond acceptors (Lipinski definition) is 4. The lowest BCUT2D eigenvalue weighted by molar-refractivity contribution is 0.102. The summed E-state index contributed by atoms with van der Waals surface area (Å²) in [6.45, 7) is 7.04. The summed E-state index contributed by atoms with van der Waals surface area (Å²) in [5.74, 6) is 0.534. The van der Waals surface area contributed by atoms with Crippen LogP contribution in [0.25, 0.3) is 0 Å². The fourth-order valence-corrected chi connectivity index (χ4v) is 2.19. The maximum absolute atomic E-state index is 12.2. The van der Waals surface area contributed by atoms with E-state index in [1.54, 1.807) is 18.3 Å². The van der Waals surface area contributed by atoms with Crippen LogP contribution in [0.3, 0.4) is 0 Å². The lowest BCUT2D eigenvalue weighted by atomic mass is 9.90. The Labute approximate surface area is 143 Å². The first-order valence-electron chi connectivity index (χ1n) is 8.08. The molecule has 5 nitrogen and oxygen atoms in total. The number of aromatic nitrogens is 1. The minimum absolute atomic E-state index is 0.0160. The number of hydrogen-bond donors (Lipinski definition) is 3. The highest BCUT2D eigenvalue weighted by atomic mass is 16.3. The predicted octanol–water partition coefficient (Wildman–Crippen LogP) is 3.46. The molecule has 0 atom stereocenters. The van der Waals surface area contributed by atoms with Crippen LogP contribution in [0.5, 0.6) is 0 Å². The maximum atomic E-state index is 12.2. The molecule has 1 aromatic carbocycles. The van der Waals surface area contributed by atoms with Crippen LogP contribution in [0, 0.1) is 12.3 Å². The molecule has 0 radical (unpaired) electrons. The third kappa shape index (κ3) is 5.35. The molecule has 24 heavy (non-hydrogen) atoms. The zero-order valence-electron chi connectivity index (χ0n) is 14.5. The minimum Gasteiger partial charge on any atom is -0.396 e. The standard InChI is InChI=1S/C19H25N3O2/c1-14-4-7-16(8-5-14)22-18(24)15-6-9-17(20-12-15)21-13-19(2,3)10-11-23/h4-9,12,23H,10-11,13H2,1-3H3,(H,20,21)(H,22,24). The second kappa shape index (κ2) is 7.93. The molecule has 128 valence electrons. The zero-order chi connectivity index (χ0) is 17.6. The Morgan fingerprint density at radius 3 is 2.46 bits per heavy atom. The van der Waals surface area contributed by atoms with Crippen molar-refractivity contribution in [3.8, 4) is 0 Å². The summed E-state index contributed by atoms with van der Waals surface area (Å²) in [4.78, 5) is 16.5. The normalized spacial score (nSPS) is 11.2. The Balaban J connectivity index is 1.93. The number of amides is 1. The molecule has 5 heteroatoms. The van der Waals surface area contributed by atoms with Crippen molar-refractivity contribution < 1.29 is 9.90 Å². The molecular formula is C19H25N3O2. The largest absolute Gasteiger partial charge is 0.396 e. The second-order valence-electron chi connectivity index (χ2n) is 6.74.